The van der Waals surface area contributed by atoms with Gasteiger partial charge in [0.2, 0.25) is 10.0 Å². The van der Waals surface area contributed by atoms with Crippen molar-refractivity contribution in [2.75, 3.05) is 38.6 Å². The van der Waals surface area contributed by atoms with Crippen molar-refractivity contribution < 1.29 is 23.1 Å². The van der Waals surface area contributed by atoms with Crippen LogP contribution in [0.4, 0.5) is 5.69 Å². The Kier molecular flexibility index (Phi) is 6.83. The first-order valence-electron chi connectivity index (χ1n) is 8.94. The van der Waals surface area contributed by atoms with E-state index in [0.717, 1.165) is 30.2 Å². The third-order valence-corrected chi connectivity index (χ3v) is 6.38. The molecule has 1 saturated heterocycles. The Hall–Kier alpha value is -2.13. The average Bonchev–Trinajstić information content (AvgIpc) is 3.12. The minimum atomic E-state index is -3.66. The van der Waals surface area contributed by atoms with Crippen LogP contribution in [0.3, 0.4) is 0 Å². The van der Waals surface area contributed by atoms with Crippen LogP contribution in [0.25, 0.3) is 0 Å². The first-order chi connectivity index (χ1) is 12.6. The SMILES string of the molecule is CC(CNC(=O)c1cc(S(=O)(=O)N(C)C)ccc1N1CCCC1)CC(=O)O. The molecule has 2 N–H and O–H groups in total. The van der Waals surface area contributed by atoms with E-state index in [4.69, 9.17) is 5.11 Å². The summed E-state index contributed by atoms with van der Waals surface area (Å²) in [5, 5.41) is 11.6. The van der Waals surface area contributed by atoms with Crippen molar-refractivity contribution in [3.8, 4) is 0 Å². The number of anilines is 1. The van der Waals surface area contributed by atoms with Crippen molar-refractivity contribution in [1.82, 2.24) is 9.62 Å². The minimum absolute atomic E-state index is 0.0473. The maximum Gasteiger partial charge on any atom is 0.303 e. The molecule has 8 nitrogen and oxygen atoms in total. The molecule has 0 radical (unpaired) electrons. The molecule has 9 heteroatoms. The van der Waals surface area contributed by atoms with Gasteiger partial charge in [0.25, 0.3) is 5.91 Å². The standard InChI is InChI=1S/C18H27N3O5S/c1-13(10-17(22)23)12-19-18(24)15-11-14(27(25,26)20(2)3)6-7-16(15)21-8-4-5-9-21/h6-7,11,13H,4-5,8-10,12H2,1-3H3,(H,19,24)(H,22,23). The number of hydrogen-bond donors (Lipinski definition) is 2. The lowest BCUT2D eigenvalue weighted by molar-refractivity contribution is -0.137. The van der Waals surface area contributed by atoms with Gasteiger partial charge in [-0.15, -0.1) is 0 Å². The van der Waals surface area contributed by atoms with Gasteiger partial charge in [-0.05, 0) is 37.0 Å². The van der Waals surface area contributed by atoms with Gasteiger partial charge in [-0.1, -0.05) is 6.92 Å². The molecule has 1 unspecified atom stereocenters. The molecule has 1 aliphatic rings. The Balaban J connectivity index is 2.32. The van der Waals surface area contributed by atoms with Crippen molar-refractivity contribution in [2.24, 2.45) is 5.92 Å². The topological polar surface area (TPSA) is 107 Å². The van der Waals surface area contributed by atoms with E-state index in [2.05, 4.69) is 10.2 Å². The summed E-state index contributed by atoms with van der Waals surface area (Å²) in [5.41, 5.74) is 0.996. The van der Waals surface area contributed by atoms with E-state index in [1.165, 1.54) is 26.2 Å². The van der Waals surface area contributed by atoms with Crippen molar-refractivity contribution in [2.45, 2.75) is 31.1 Å². The summed E-state index contributed by atoms with van der Waals surface area (Å²) in [6.07, 6.45) is 2.00. The molecule has 1 aliphatic heterocycles. The molecule has 1 aromatic carbocycles. The number of benzene rings is 1. The van der Waals surface area contributed by atoms with E-state index in [1.54, 1.807) is 13.0 Å². The Morgan fingerprint density at radius 2 is 1.89 bits per heavy atom. The Morgan fingerprint density at radius 1 is 1.26 bits per heavy atom. The number of amides is 1. The second-order valence-electron chi connectivity index (χ2n) is 7.07. The highest BCUT2D eigenvalue weighted by atomic mass is 32.2. The fourth-order valence-electron chi connectivity index (χ4n) is 3.03. The third kappa shape index (κ3) is 5.20. The molecule has 27 heavy (non-hydrogen) atoms. The van der Waals surface area contributed by atoms with Gasteiger partial charge >= 0.3 is 5.97 Å². The van der Waals surface area contributed by atoms with Crippen LogP contribution in [0.5, 0.6) is 0 Å². The number of carbonyl (C=O) groups excluding carboxylic acids is 1. The lowest BCUT2D eigenvalue weighted by Gasteiger charge is -2.22. The zero-order valence-corrected chi connectivity index (χ0v) is 16.8. The Bertz CT molecular complexity index is 801. The molecule has 1 atom stereocenters. The van der Waals surface area contributed by atoms with Gasteiger partial charge in [0, 0.05) is 45.8 Å². The van der Waals surface area contributed by atoms with Crippen LogP contribution >= 0.6 is 0 Å². The van der Waals surface area contributed by atoms with E-state index in [0.29, 0.717) is 11.3 Å². The summed E-state index contributed by atoms with van der Waals surface area (Å²) in [6.45, 7) is 3.57. The summed E-state index contributed by atoms with van der Waals surface area (Å²) in [6, 6.07) is 4.60. The fourth-order valence-corrected chi connectivity index (χ4v) is 3.96. The molecular weight excluding hydrogens is 370 g/mol. The lowest BCUT2D eigenvalue weighted by atomic mass is 10.1. The van der Waals surface area contributed by atoms with Gasteiger partial charge in [0.05, 0.1) is 10.5 Å². The predicted octanol–water partition coefficient (Wildman–Crippen LogP) is 1.38. The maximum absolute atomic E-state index is 12.8. The van der Waals surface area contributed by atoms with Crippen LogP contribution in [0.15, 0.2) is 23.1 Å². The van der Waals surface area contributed by atoms with Crippen LogP contribution in [0.1, 0.15) is 36.5 Å². The Morgan fingerprint density at radius 3 is 2.44 bits per heavy atom. The molecule has 0 bridgehead atoms. The number of hydrogen-bond acceptors (Lipinski definition) is 5. The van der Waals surface area contributed by atoms with Gasteiger partial charge in [0.15, 0.2) is 0 Å². The normalized spacial score (nSPS) is 15.8. The number of aliphatic carboxylic acids is 1. The van der Waals surface area contributed by atoms with Crippen LogP contribution in [0.2, 0.25) is 0 Å². The van der Waals surface area contributed by atoms with Crippen LogP contribution < -0.4 is 10.2 Å². The van der Waals surface area contributed by atoms with Gasteiger partial charge in [-0.2, -0.15) is 0 Å². The molecule has 0 spiro atoms. The van der Waals surface area contributed by atoms with E-state index in [9.17, 15) is 18.0 Å². The largest absolute Gasteiger partial charge is 0.481 e. The van der Waals surface area contributed by atoms with Crippen LogP contribution in [-0.4, -0.2) is 63.4 Å². The van der Waals surface area contributed by atoms with Crippen molar-refractivity contribution in [3.05, 3.63) is 23.8 Å². The van der Waals surface area contributed by atoms with Crippen molar-refractivity contribution in [3.63, 3.8) is 0 Å². The third-order valence-electron chi connectivity index (χ3n) is 4.57. The van der Waals surface area contributed by atoms with Crippen molar-refractivity contribution >= 4 is 27.6 Å². The van der Waals surface area contributed by atoms with Crippen molar-refractivity contribution in [1.29, 1.82) is 0 Å². The number of carbonyl (C=O) groups is 2. The predicted molar refractivity (Wildman–Crippen MR) is 103 cm³/mol. The highest BCUT2D eigenvalue weighted by Gasteiger charge is 2.24. The molecule has 1 aromatic rings. The average molecular weight is 397 g/mol. The summed E-state index contributed by atoms with van der Waals surface area (Å²) in [7, 11) is -0.780. The number of nitrogens with one attached hydrogen (secondary N) is 1. The molecular formula is C18H27N3O5S. The highest BCUT2D eigenvalue weighted by Crippen LogP contribution is 2.28. The monoisotopic (exact) mass is 397 g/mol. The van der Waals surface area contributed by atoms with Crippen LogP contribution in [0, 0.1) is 5.92 Å². The summed E-state index contributed by atoms with van der Waals surface area (Å²) < 4.78 is 26.0. The summed E-state index contributed by atoms with van der Waals surface area (Å²) in [4.78, 5) is 25.7. The highest BCUT2D eigenvalue weighted by molar-refractivity contribution is 7.89. The van der Waals surface area contributed by atoms with Gasteiger partial charge in [-0.3, -0.25) is 9.59 Å². The maximum atomic E-state index is 12.8. The smallest absolute Gasteiger partial charge is 0.303 e. The van der Waals surface area contributed by atoms with Gasteiger partial charge in [0.1, 0.15) is 0 Å². The lowest BCUT2D eigenvalue weighted by Crippen LogP contribution is -2.31. The second kappa shape index (κ2) is 8.71. The Labute approximate surface area is 160 Å². The number of sulfonamides is 1. The molecule has 0 aliphatic carbocycles. The van der Waals surface area contributed by atoms with Crippen LogP contribution in [-0.2, 0) is 14.8 Å². The second-order valence-corrected chi connectivity index (χ2v) is 9.23. The number of carboxylic acid groups (broad SMARTS) is 1. The quantitative estimate of drug-likeness (QED) is 0.686. The molecule has 1 heterocycles. The minimum Gasteiger partial charge on any atom is -0.481 e. The molecule has 150 valence electrons. The zero-order valence-electron chi connectivity index (χ0n) is 15.9. The van der Waals surface area contributed by atoms with E-state index in [-0.39, 0.29) is 23.8 Å². The van der Waals surface area contributed by atoms with E-state index in [1.807, 2.05) is 0 Å². The fraction of sp³-hybridized carbons (Fsp3) is 0.556. The van der Waals surface area contributed by atoms with Gasteiger partial charge < -0.3 is 15.3 Å². The first kappa shape index (κ1) is 21.2. The zero-order chi connectivity index (χ0) is 20.2. The summed E-state index contributed by atoms with van der Waals surface area (Å²) >= 11 is 0. The van der Waals surface area contributed by atoms with E-state index >= 15 is 0 Å². The molecule has 0 aromatic heterocycles. The first-order valence-corrected chi connectivity index (χ1v) is 10.4. The number of rotatable bonds is 8. The van der Waals surface area contributed by atoms with E-state index < -0.39 is 21.9 Å². The summed E-state index contributed by atoms with van der Waals surface area (Å²) in [5.74, 6) is -1.55. The molecule has 1 amide bonds. The number of carboxylic acids is 1. The molecule has 1 fully saturated rings. The number of nitrogens with zero attached hydrogens (tertiary/aromatic N) is 2. The molecule has 0 saturated carbocycles. The van der Waals surface area contributed by atoms with Gasteiger partial charge in [-0.25, -0.2) is 12.7 Å². The molecule has 2 rings (SSSR count).